The minimum Gasteiger partial charge on any atom is -0.341 e. The number of hydroxylamine groups is 1. The van der Waals surface area contributed by atoms with Crippen LogP contribution in [0.3, 0.4) is 0 Å². The number of hydrogen-bond donors (Lipinski definition) is 2. The van der Waals surface area contributed by atoms with Crippen molar-refractivity contribution in [2.24, 2.45) is 17.3 Å². The average Bonchev–Trinajstić information content (AvgIpc) is 3.27. The molecule has 2 saturated heterocycles. The summed E-state index contributed by atoms with van der Waals surface area (Å²) in [4.78, 5) is 29.6. The van der Waals surface area contributed by atoms with Crippen molar-refractivity contribution in [1.82, 2.24) is 15.3 Å². The predicted molar refractivity (Wildman–Crippen MR) is 106 cm³/mol. The van der Waals surface area contributed by atoms with Gasteiger partial charge in [-0.2, -0.15) is 0 Å². The molecule has 3 fully saturated rings. The molecule has 1 aromatic rings. The Hall–Kier alpha value is -1.92. The molecule has 1 aliphatic carbocycles. The monoisotopic (exact) mass is 385 g/mol. The minimum absolute atomic E-state index is 0.0498. The second-order valence-electron chi connectivity index (χ2n) is 9.11. The van der Waals surface area contributed by atoms with Crippen molar-refractivity contribution in [2.75, 3.05) is 26.7 Å². The molecule has 0 radical (unpaired) electrons. The fourth-order valence-corrected chi connectivity index (χ4v) is 5.27. The zero-order valence-corrected chi connectivity index (χ0v) is 16.6. The molecular formula is C22H31N3O3. The van der Waals surface area contributed by atoms with E-state index in [1.165, 1.54) is 5.56 Å². The van der Waals surface area contributed by atoms with E-state index in [-0.39, 0.29) is 11.3 Å². The van der Waals surface area contributed by atoms with Gasteiger partial charge in [-0.05, 0) is 62.5 Å². The van der Waals surface area contributed by atoms with E-state index in [4.69, 9.17) is 0 Å². The quantitative estimate of drug-likeness (QED) is 0.601. The molecule has 2 aliphatic heterocycles. The van der Waals surface area contributed by atoms with Gasteiger partial charge in [0.25, 0.3) is 0 Å². The zero-order valence-electron chi connectivity index (χ0n) is 16.6. The number of likely N-dealkylation sites (N-methyl/N-ethyl adjacent to an activating group) is 1. The van der Waals surface area contributed by atoms with E-state index in [0.717, 1.165) is 51.7 Å². The smallest absolute Gasteiger partial charge is 0.248 e. The number of carbonyl (C=O) groups excluding carboxylic acids is 2. The topological polar surface area (TPSA) is 72.9 Å². The van der Waals surface area contributed by atoms with Gasteiger partial charge < -0.3 is 4.90 Å². The standard InChI is InChI=1S/C22H31N3O3/c1-24-15-22(10-11-22)13-18(20(26)23-28)19(24)21(27)25-12-9-17(14-25)8-7-16-5-3-2-4-6-16/h2-6,17-19,28H,7-15H2,1H3,(H,23,26)/t17?,18-,19-/m0/s1. The molecule has 4 rings (SSSR count). The van der Waals surface area contributed by atoms with E-state index < -0.39 is 17.9 Å². The summed E-state index contributed by atoms with van der Waals surface area (Å²) in [6, 6.07) is 10.0. The zero-order chi connectivity index (χ0) is 19.7. The van der Waals surface area contributed by atoms with Gasteiger partial charge in [0.1, 0.15) is 6.04 Å². The van der Waals surface area contributed by atoms with Gasteiger partial charge in [0.2, 0.25) is 11.8 Å². The third-order valence-corrected chi connectivity index (χ3v) is 7.03. The molecule has 2 amide bonds. The summed E-state index contributed by atoms with van der Waals surface area (Å²) in [5, 5.41) is 9.21. The first kappa shape index (κ1) is 19.4. The van der Waals surface area contributed by atoms with Crippen molar-refractivity contribution in [3.05, 3.63) is 35.9 Å². The van der Waals surface area contributed by atoms with Crippen LogP contribution in [-0.2, 0) is 16.0 Å². The minimum atomic E-state index is -0.470. The van der Waals surface area contributed by atoms with Crippen LogP contribution in [0.2, 0.25) is 0 Å². The maximum absolute atomic E-state index is 13.3. The molecule has 1 saturated carbocycles. The first-order valence-corrected chi connectivity index (χ1v) is 10.5. The average molecular weight is 386 g/mol. The fraction of sp³-hybridized carbons (Fsp3) is 0.636. The molecular weight excluding hydrogens is 354 g/mol. The van der Waals surface area contributed by atoms with Gasteiger partial charge in [-0.1, -0.05) is 30.3 Å². The Kier molecular flexibility index (Phi) is 5.43. The number of nitrogens with one attached hydrogen (secondary N) is 1. The van der Waals surface area contributed by atoms with Crippen molar-refractivity contribution >= 4 is 11.8 Å². The number of piperidine rings is 1. The van der Waals surface area contributed by atoms with E-state index in [9.17, 15) is 14.8 Å². The Labute approximate surface area is 166 Å². The Balaban J connectivity index is 1.38. The lowest BCUT2D eigenvalue weighted by Gasteiger charge is -2.42. The first-order valence-electron chi connectivity index (χ1n) is 10.5. The van der Waals surface area contributed by atoms with E-state index in [2.05, 4.69) is 29.2 Å². The van der Waals surface area contributed by atoms with Crippen LogP contribution in [0, 0.1) is 17.3 Å². The maximum atomic E-state index is 13.3. The number of amides is 2. The van der Waals surface area contributed by atoms with E-state index in [1.807, 2.05) is 23.5 Å². The van der Waals surface area contributed by atoms with Crippen LogP contribution in [0.4, 0.5) is 0 Å². The summed E-state index contributed by atoms with van der Waals surface area (Å²) in [6.07, 6.45) is 6.06. The fourth-order valence-electron chi connectivity index (χ4n) is 5.27. The van der Waals surface area contributed by atoms with E-state index >= 15 is 0 Å². The molecule has 0 bridgehead atoms. The molecule has 1 spiro atoms. The summed E-state index contributed by atoms with van der Waals surface area (Å²) >= 11 is 0. The van der Waals surface area contributed by atoms with E-state index in [1.54, 1.807) is 0 Å². The third-order valence-electron chi connectivity index (χ3n) is 7.03. The van der Waals surface area contributed by atoms with Gasteiger partial charge in [0.05, 0.1) is 5.92 Å². The molecule has 28 heavy (non-hydrogen) atoms. The number of hydrogen-bond acceptors (Lipinski definition) is 4. The summed E-state index contributed by atoms with van der Waals surface area (Å²) in [5.74, 6) is -0.329. The van der Waals surface area contributed by atoms with Crippen molar-refractivity contribution in [1.29, 1.82) is 0 Å². The lowest BCUT2D eigenvalue weighted by atomic mass is 9.80. The lowest BCUT2D eigenvalue weighted by molar-refractivity contribution is -0.150. The summed E-state index contributed by atoms with van der Waals surface area (Å²) in [6.45, 7) is 2.40. The molecule has 2 N–H and O–H groups in total. The summed E-state index contributed by atoms with van der Waals surface area (Å²) < 4.78 is 0. The Morgan fingerprint density at radius 3 is 2.68 bits per heavy atom. The van der Waals surface area contributed by atoms with Crippen LogP contribution in [0.15, 0.2) is 30.3 Å². The largest absolute Gasteiger partial charge is 0.341 e. The number of nitrogens with zero attached hydrogens (tertiary/aromatic N) is 2. The van der Waals surface area contributed by atoms with Gasteiger partial charge in [-0.3, -0.25) is 19.7 Å². The number of carbonyl (C=O) groups is 2. The second kappa shape index (κ2) is 7.84. The van der Waals surface area contributed by atoms with Gasteiger partial charge in [-0.15, -0.1) is 0 Å². The SMILES string of the molecule is CN1CC2(CC2)C[C@H](C(=O)NO)[C@H]1C(=O)N1CCC(CCc2ccccc2)C1. The molecule has 1 unspecified atom stereocenters. The molecule has 152 valence electrons. The Morgan fingerprint density at radius 2 is 2.00 bits per heavy atom. The third kappa shape index (κ3) is 3.94. The molecule has 6 heteroatoms. The number of likely N-dealkylation sites (tertiary alicyclic amines) is 2. The highest BCUT2D eigenvalue weighted by Crippen LogP contribution is 2.54. The summed E-state index contributed by atoms with van der Waals surface area (Å²) in [7, 11) is 1.95. The summed E-state index contributed by atoms with van der Waals surface area (Å²) in [5.41, 5.74) is 3.32. The highest BCUT2D eigenvalue weighted by molar-refractivity contribution is 5.90. The predicted octanol–water partition coefficient (Wildman–Crippen LogP) is 2.07. The van der Waals surface area contributed by atoms with Crippen molar-refractivity contribution < 1.29 is 14.8 Å². The van der Waals surface area contributed by atoms with Crippen LogP contribution in [0.25, 0.3) is 0 Å². The maximum Gasteiger partial charge on any atom is 0.248 e. The number of benzene rings is 1. The molecule has 3 atom stereocenters. The second-order valence-corrected chi connectivity index (χ2v) is 9.11. The number of aryl methyl sites for hydroxylation is 1. The highest BCUT2D eigenvalue weighted by Gasteiger charge is 2.55. The highest BCUT2D eigenvalue weighted by atomic mass is 16.5. The van der Waals surface area contributed by atoms with Crippen molar-refractivity contribution in [3.8, 4) is 0 Å². The molecule has 2 heterocycles. The molecule has 0 aromatic heterocycles. The van der Waals surface area contributed by atoms with Gasteiger partial charge in [0, 0.05) is 19.6 Å². The van der Waals surface area contributed by atoms with Crippen molar-refractivity contribution in [3.63, 3.8) is 0 Å². The number of rotatable bonds is 5. The Bertz CT molecular complexity index is 719. The Morgan fingerprint density at radius 1 is 1.25 bits per heavy atom. The first-order chi connectivity index (χ1) is 13.5. The normalized spacial score (nSPS) is 29.1. The lowest BCUT2D eigenvalue weighted by Crippen LogP contribution is -2.59. The van der Waals surface area contributed by atoms with Crippen LogP contribution in [0.1, 0.15) is 37.7 Å². The van der Waals surface area contributed by atoms with Crippen LogP contribution in [0.5, 0.6) is 0 Å². The van der Waals surface area contributed by atoms with Crippen molar-refractivity contribution in [2.45, 2.75) is 44.6 Å². The van der Waals surface area contributed by atoms with Crippen LogP contribution in [-0.4, -0.2) is 59.5 Å². The molecule has 6 nitrogen and oxygen atoms in total. The van der Waals surface area contributed by atoms with E-state index in [0.29, 0.717) is 12.3 Å². The van der Waals surface area contributed by atoms with Crippen LogP contribution >= 0.6 is 0 Å². The van der Waals surface area contributed by atoms with Gasteiger partial charge in [0.15, 0.2) is 0 Å². The van der Waals surface area contributed by atoms with Gasteiger partial charge >= 0.3 is 0 Å². The molecule has 1 aromatic carbocycles. The van der Waals surface area contributed by atoms with Crippen LogP contribution < -0.4 is 5.48 Å². The van der Waals surface area contributed by atoms with Gasteiger partial charge in [-0.25, -0.2) is 5.48 Å². The molecule has 3 aliphatic rings.